The highest BCUT2D eigenvalue weighted by atomic mass is 16.1. The van der Waals surface area contributed by atoms with Crippen LogP contribution in [0.2, 0.25) is 0 Å². The summed E-state index contributed by atoms with van der Waals surface area (Å²) < 4.78 is 0. The van der Waals surface area contributed by atoms with Gasteiger partial charge in [-0.25, -0.2) is 0 Å². The summed E-state index contributed by atoms with van der Waals surface area (Å²) in [5.74, 6) is 0.341. The van der Waals surface area contributed by atoms with Gasteiger partial charge in [0.15, 0.2) is 0 Å². The third kappa shape index (κ3) is 5.64. The predicted octanol–water partition coefficient (Wildman–Crippen LogP) is 1.84. The molecule has 4 heterocycles. The van der Waals surface area contributed by atoms with E-state index in [0.29, 0.717) is 12.6 Å². The highest BCUT2D eigenvalue weighted by Crippen LogP contribution is 2.24. The number of likely N-dealkylation sites (tertiary alicyclic amines) is 2. The van der Waals surface area contributed by atoms with Gasteiger partial charge in [0.1, 0.15) is 0 Å². The van der Waals surface area contributed by atoms with Crippen molar-refractivity contribution in [3.8, 4) is 0 Å². The first-order valence-electron chi connectivity index (χ1n) is 10.9. The molecular formula is C22H32N6O. The van der Waals surface area contributed by atoms with Crippen molar-refractivity contribution in [3.63, 3.8) is 0 Å². The van der Waals surface area contributed by atoms with E-state index >= 15 is 0 Å². The van der Waals surface area contributed by atoms with Crippen LogP contribution in [0.25, 0.3) is 0 Å². The monoisotopic (exact) mass is 396 g/mol. The molecule has 2 fully saturated rings. The van der Waals surface area contributed by atoms with Crippen LogP contribution >= 0.6 is 0 Å². The number of carbonyl (C=O) groups excluding carboxylic acids is 1. The van der Waals surface area contributed by atoms with Gasteiger partial charge in [-0.05, 0) is 68.9 Å². The van der Waals surface area contributed by atoms with Crippen LogP contribution < -0.4 is 5.32 Å². The summed E-state index contributed by atoms with van der Waals surface area (Å²) in [6.45, 7) is 5.95. The highest BCUT2D eigenvalue weighted by Gasteiger charge is 2.31. The van der Waals surface area contributed by atoms with Crippen molar-refractivity contribution < 1.29 is 4.79 Å². The Morgan fingerprint density at radius 2 is 2.07 bits per heavy atom. The van der Waals surface area contributed by atoms with Gasteiger partial charge in [-0.1, -0.05) is 6.07 Å². The molecule has 156 valence electrons. The first-order chi connectivity index (χ1) is 14.3. The number of hydrogen-bond donors (Lipinski definition) is 2. The average molecular weight is 397 g/mol. The highest BCUT2D eigenvalue weighted by molar-refractivity contribution is 5.79. The van der Waals surface area contributed by atoms with Gasteiger partial charge in [0.2, 0.25) is 5.91 Å². The maximum atomic E-state index is 12.6. The number of aromatic nitrogens is 3. The van der Waals surface area contributed by atoms with Crippen LogP contribution in [0.1, 0.15) is 36.8 Å². The second-order valence-electron chi connectivity index (χ2n) is 8.35. The van der Waals surface area contributed by atoms with E-state index < -0.39 is 0 Å². The van der Waals surface area contributed by atoms with Crippen molar-refractivity contribution in [1.82, 2.24) is 30.3 Å². The quantitative estimate of drug-likeness (QED) is 0.747. The molecule has 2 aliphatic heterocycles. The number of amides is 1. The number of H-pyrrole nitrogens is 1. The Balaban J connectivity index is 1.20. The summed E-state index contributed by atoms with van der Waals surface area (Å²) in [6, 6.07) is 4.78. The van der Waals surface area contributed by atoms with Gasteiger partial charge in [-0.15, -0.1) is 0 Å². The fourth-order valence-corrected chi connectivity index (χ4v) is 4.63. The zero-order valence-corrected chi connectivity index (χ0v) is 17.1. The minimum absolute atomic E-state index is 0.126. The van der Waals surface area contributed by atoms with Crippen LogP contribution in [0.3, 0.4) is 0 Å². The molecule has 0 bridgehead atoms. The Bertz CT molecular complexity index is 742. The molecular weight excluding hydrogens is 364 g/mol. The number of aromatic amines is 1. The molecule has 4 rings (SSSR count). The van der Waals surface area contributed by atoms with E-state index in [-0.39, 0.29) is 11.8 Å². The Hall–Kier alpha value is -2.25. The molecule has 0 aromatic carbocycles. The Morgan fingerprint density at radius 3 is 2.83 bits per heavy atom. The molecule has 0 saturated carbocycles. The van der Waals surface area contributed by atoms with Crippen molar-refractivity contribution in [3.05, 3.63) is 48.0 Å². The molecule has 0 unspecified atom stereocenters. The lowest BCUT2D eigenvalue weighted by molar-refractivity contribution is -0.127. The van der Waals surface area contributed by atoms with Gasteiger partial charge in [0.05, 0.1) is 12.1 Å². The van der Waals surface area contributed by atoms with E-state index in [0.717, 1.165) is 57.5 Å². The molecule has 2 aromatic heterocycles. The summed E-state index contributed by atoms with van der Waals surface area (Å²) in [4.78, 5) is 22.0. The van der Waals surface area contributed by atoms with E-state index in [9.17, 15) is 4.79 Å². The number of nitrogens with one attached hydrogen (secondary N) is 2. The molecule has 0 radical (unpaired) electrons. The number of carbonyl (C=O) groups is 1. The van der Waals surface area contributed by atoms with Crippen LogP contribution in [0.4, 0.5) is 0 Å². The Kier molecular flexibility index (Phi) is 6.90. The van der Waals surface area contributed by atoms with E-state index in [4.69, 9.17) is 0 Å². The number of hydrogen-bond acceptors (Lipinski definition) is 5. The molecule has 2 aromatic rings. The van der Waals surface area contributed by atoms with Gasteiger partial charge in [0, 0.05) is 44.3 Å². The van der Waals surface area contributed by atoms with E-state index in [1.54, 1.807) is 0 Å². The van der Waals surface area contributed by atoms with Gasteiger partial charge in [0.25, 0.3) is 0 Å². The molecule has 1 atom stereocenters. The number of piperidine rings is 2. The normalized spacial score (nSPS) is 21.9. The van der Waals surface area contributed by atoms with Gasteiger partial charge >= 0.3 is 0 Å². The van der Waals surface area contributed by atoms with Gasteiger partial charge in [-0.2, -0.15) is 5.10 Å². The van der Waals surface area contributed by atoms with Crippen LogP contribution in [0.5, 0.6) is 0 Å². The standard InChI is InChI=1S/C22H32N6O/c29-22(24-9-5-18-14-25-26-15-18)20-4-2-10-28(17-20)21-6-11-27(12-7-21)16-19-3-1-8-23-13-19/h1,3,8,13-15,20-21H,2,4-7,9-12,16-17H2,(H,24,29)(H,25,26)/t20-/m0/s1. The molecule has 2 N–H and O–H groups in total. The second-order valence-corrected chi connectivity index (χ2v) is 8.35. The predicted molar refractivity (Wildman–Crippen MR) is 112 cm³/mol. The topological polar surface area (TPSA) is 77.2 Å². The lowest BCUT2D eigenvalue weighted by Crippen LogP contribution is -2.50. The zero-order chi connectivity index (χ0) is 19.9. The van der Waals surface area contributed by atoms with Gasteiger partial charge in [-0.3, -0.25) is 24.7 Å². The number of nitrogens with zero attached hydrogens (tertiary/aromatic N) is 4. The largest absolute Gasteiger partial charge is 0.355 e. The third-order valence-corrected chi connectivity index (χ3v) is 6.29. The molecule has 7 nitrogen and oxygen atoms in total. The van der Waals surface area contributed by atoms with Crippen molar-refractivity contribution >= 4 is 5.91 Å². The second kappa shape index (κ2) is 9.98. The summed E-state index contributed by atoms with van der Waals surface area (Å²) in [7, 11) is 0. The summed E-state index contributed by atoms with van der Waals surface area (Å²) >= 11 is 0. The molecule has 29 heavy (non-hydrogen) atoms. The first-order valence-corrected chi connectivity index (χ1v) is 10.9. The van der Waals surface area contributed by atoms with Crippen molar-refractivity contribution in [2.45, 2.75) is 44.7 Å². The first kappa shape index (κ1) is 20.0. The van der Waals surface area contributed by atoms with Crippen LogP contribution in [-0.4, -0.2) is 69.7 Å². The van der Waals surface area contributed by atoms with Crippen molar-refractivity contribution in [1.29, 1.82) is 0 Å². The molecule has 0 spiro atoms. The maximum Gasteiger partial charge on any atom is 0.224 e. The van der Waals surface area contributed by atoms with E-state index in [1.807, 2.05) is 30.9 Å². The summed E-state index contributed by atoms with van der Waals surface area (Å²) in [6.07, 6.45) is 12.8. The van der Waals surface area contributed by atoms with Crippen molar-refractivity contribution in [2.75, 3.05) is 32.7 Å². The Morgan fingerprint density at radius 1 is 1.17 bits per heavy atom. The van der Waals surface area contributed by atoms with Crippen molar-refractivity contribution in [2.24, 2.45) is 5.92 Å². The Labute approximate surface area is 172 Å². The summed E-state index contributed by atoms with van der Waals surface area (Å²) in [5.41, 5.74) is 2.42. The maximum absolute atomic E-state index is 12.6. The molecule has 2 aliphatic rings. The minimum Gasteiger partial charge on any atom is -0.355 e. The van der Waals surface area contributed by atoms with Crippen LogP contribution in [0, 0.1) is 5.92 Å². The smallest absolute Gasteiger partial charge is 0.224 e. The molecule has 1 amide bonds. The number of rotatable bonds is 7. The SMILES string of the molecule is O=C(NCCc1cn[nH]c1)[C@H]1CCCN(C2CCN(Cc3cccnc3)CC2)C1. The third-order valence-electron chi connectivity index (χ3n) is 6.29. The fraction of sp³-hybridized carbons (Fsp3) is 0.591. The van der Waals surface area contributed by atoms with E-state index in [1.165, 1.54) is 18.4 Å². The lowest BCUT2D eigenvalue weighted by Gasteiger charge is -2.42. The molecule has 7 heteroatoms. The molecule has 0 aliphatic carbocycles. The molecule has 2 saturated heterocycles. The average Bonchev–Trinajstić information content (AvgIpc) is 3.29. The van der Waals surface area contributed by atoms with Crippen LogP contribution in [0.15, 0.2) is 36.9 Å². The zero-order valence-electron chi connectivity index (χ0n) is 17.1. The van der Waals surface area contributed by atoms with Crippen LogP contribution in [-0.2, 0) is 17.8 Å². The minimum atomic E-state index is 0.126. The summed E-state index contributed by atoms with van der Waals surface area (Å²) in [5, 5.41) is 9.89. The lowest BCUT2D eigenvalue weighted by atomic mass is 9.93. The van der Waals surface area contributed by atoms with Gasteiger partial charge < -0.3 is 5.32 Å². The number of pyridine rings is 1. The fourth-order valence-electron chi connectivity index (χ4n) is 4.63. The van der Waals surface area contributed by atoms with E-state index in [2.05, 4.69) is 36.4 Å².